The summed E-state index contributed by atoms with van der Waals surface area (Å²) in [6, 6.07) is 3.20. The molecule has 0 radical (unpaired) electrons. The van der Waals surface area contributed by atoms with Crippen LogP contribution < -0.4 is 5.73 Å². The van der Waals surface area contributed by atoms with Crippen molar-refractivity contribution < 1.29 is 19.1 Å². The monoisotopic (exact) mass is 314 g/mol. The summed E-state index contributed by atoms with van der Waals surface area (Å²) in [6.45, 7) is 1.74. The summed E-state index contributed by atoms with van der Waals surface area (Å²) in [5.74, 6) is -1.26. The zero-order valence-electron chi connectivity index (χ0n) is 9.55. The van der Waals surface area contributed by atoms with Crippen LogP contribution in [0.1, 0.15) is 17.4 Å². The Kier molecular flexibility index (Phi) is 3.36. The minimum atomic E-state index is -1.02. The maximum Gasteiger partial charge on any atom is 0.357 e. The van der Waals surface area contributed by atoms with E-state index in [1.165, 1.54) is 12.3 Å². The number of pyridine rings is 1. The molecule has 1 aliphatic heterocycles. The van der Waals surface area contributed by atoms with Gasteiger partial charge in [-0.15, -0.1) is 0 Å². The largest absolute Gasteiger partial charge is 0.449 e. The second-order valence-electron chi connectivity index (χ2n) is 4.16. The number of ether oxygens (including phenoxy) is 2. The SMILES string of the molecule is CC1(OC(=O)c2ccc(Br)cn2)COC1C(N)=O. The predicted octanol–water partition coefficient (Wildman–Crippen LogP) is 0.644. The van der Waals surface area contributed by atoms with E-state index in [9.17, 15) is 9.59 Å². The fourth-order valence-corrected chi connectivity index (χ4v) is 1.86. The average molecular weight is 315 g/mol. The zero-order chi connectivity index (χ0) is 13.3. The maximum atomic E-state index is 11.8. The number of carbonyl (C=O) groups excluding carboxylic acids is 2. The van der Waals surface area contributed by atoms with Gasteiger partial charge in [0.1, 0.15) is 5.69 Å². The molecule has 18 heavy (non-hydrogen) atoms. The van der Waals surface area contributed by atoms with Crippen molar-refractivity contribution in [1.29, 1.82) is 0 Å². The summed E-state index contributed by atoms with van der Waals surface area (Å²) in [5.41, 5.74) is 4.28. The lowest BCUT2D eigenvalue weighted by Gasteiger charge is -2.43. The van der Waals surface area contributed by atoms with E-state index in [1.54, 1.807) is 13.0 Å². The second kappa shape index (κ2) is 4.66. The van der Waals surface area contributed by atoms with Crippen LogP contribution in [0.15, 0.2) is 22.8 Å². The Hall–Kier alpha value is -1.47. The molecule has 7 heteroatoms. The highest BCUT2D eigenvalue weighted by Gasteiger charge is 2.51. The molecule has 6 nitrogen and oxygen atoms in total. The Labute approximate surface area is 112 Å². The molecule has 1 saturated heterocycles. The minimum Gasteiger partial charge on any atom is -0.449 e. The molecule has 1 amide bonds. The zero-order valence-corrected chi connectivity index (χ0v) is 11.1. The van der Waals surface area contributed by atoms with Crippen molar-refractivity contribution >= 4 is 27.8 Å². The number of primary amides is 1. The lowest BCUT2D eigenvalue weighted by atomic mass is 9.93. The molecule has 2 heterocycles. The molecule has 2 N–H and O–H groups in total. The lowest BCUT2D eigenvalue weighted by molar-refractivity contribution is -0.222. The van der Waals surface area contributed by atoms with E-state index in [0.717, 1.165) is 4.47 Å². The van der Waals surface area contributed by atoms with E-state index in [1.807, 2.05) is 0 Å². The molecular formula is C11H11BrN2O4. The molecule has 2 rings (SSSR count). The van der Waals surface area contributed by atoms with Gasteiger partial charge in [-0.3, -0.25) is 4.79 Å². The maximum absolute atomic E-state index is 11.8. The van der Waals surface area contributed by atoms with Crippen molar-refractivity contribution in [2.45, 2.75) is 18.6 Å². The fraction of sp³-hybridized carbons (Fsp3) is 0.364. The van der Waals surface area contributed by atoms with Crippen LogP contribution in [0.5, 0.6) is 0 Å². The van der Waals surface area contributed by atoms with Crippen molar-refractivity contribution in [3.63, 3.8) is 0 Å². The summed E-state index contributed by atoms with van der Waals surface area (Å²) in [6.07, 6.45) is 0.582. The Bertz CT molecular complexity index is 490. The summed E-state index contributed by atoms with van der Waals surface area (Å²) in [7, 11) is 0. The summed E-state index contributed by atoms with van der Waals surface area (Å²) in [5, 5.41) is 0. The Morgan fingerprint density at radius 1 is 1.61 bits per heavy atom. The van der Waals surface area contributed by atoms with Gasteiger partial charge in [-0.1, -0.05) is 0 Å². The van der Waals surface area contributed by atoms with Gasteiger partial charge in [-0.2, -0.15) is 0 Å². The van der Waals surface area contributed by atoms with Crippen LogP contribution in [0.4, 0.5) is 0 Å². The summed E-state index contributed by atoms with van der Waals surface area (Å²) in [4.78, 5) is 26.8. The predicted molar refractivity (Wildman–Crippen MR) is 64.7 cm³/mol. The number of rotatable bonds is 3. The van der Waals surface area contributed by atoms with Crippen LogP contribution in [0, 0.1) is 0 Å². The van der Waals surface area contributed by atoms with Crippen LogP contribution in [0.2, 0.25) is 0 Å². The standard InChI is InChI=1S/C11H11BrN2O4/c1-11(5-17-8(11)9(13)15)18-10(16)7-3-2-6(12)4-14-7/h2-4,8H,5H2,1H3,(H2,13,15). The van der Waals surface area contributed by atoms with E-state index in [-0.39, 0.29) is 12.3 Å². The van der Waals surface area contributed by atoms with Crippen LogP contribution in [-0.2, 0) is 14.3 Å². The molecule has 0 saturated carbocycles. The summed E-state index contributed by atoms with van der Waals surface area (Å²) >= 11 is 3.21. The number of hydrogen-bond donors (Lipinski definition) is 1. The Morgan fingerprint density at radius 3 is 2.78 bits per heavy atom. The number of esters is 1. The molecule has 0 spiro atoms. The third kappa shape index (κ3) is 2.37. The Balaban J connectivity index is 2.08. The van der Waals surface area contributed by atoms with Gasteiger partial charge < -0.3 is 15.2 Å². The normalized spacial score (nSPS) is 26.2. The van der Waals surface area contributed by atoms with Crippen LogP contribution >= 0.6 is 15.9 Å². The van der Waals surface area contributed by atoms with Crippen molar-refractivity contribution in [1.82, 2.24) is 4.98 Å². The molecule has 1 aliphatic rings. The van der Waals surface area contributed by atoms with Crippen LogP contribution in [-0.4, -0.2) is 35.2 Å². The second-order valence-corrected chi connectivity index (χ2v) is 5.07. The van der Waals surface area contributed by atoms with Gasteiger partial charge in [0, 0.05) is 10.7 Å². The van der Waals surface area contributed by atoms with Gasteiger partial charge in [-0.05, 0) is 35.0 Å². The van der Waals surface area contributed by atoms with Crippen LogP contribution in [0.3, 0.4) is 0 Å². The first-order valence-electron chi connectivity index (χ1n) is 5.18. The van der Waals surface area contributed by atoms with E-state index in [0.29, 0.717) is 0 Å². The smallest absolute Gasteiger partial charge is 0.357 e. The van der Waals surface area contributed by atoms with Crippen molar-refractivity contribution in [2.75, 3.05) is 6.61 Å². The molecule has 0 aromatic carbocycles. The number of halogens is 1. The van der Waals surface area contributed by atoms with Gasteiger partial charge in [0.2, 0.25) is 0 Å². The topological polar surface area (TPSA) is 91.5 Å². The van der Waals surface area contributed by atoms with Crippen molar-refractivity contribution in [3.05, 3.63) is 28.5 Å². The molecule has 1 aromatic rings. The van der Waals surface area contributed by atoms with E-state index in [2.05, 4.69) is 20.9 Å². The Morgan fingerprint density at radius 2 is 2.33 bits per heavy atom. The first kappa shape index (κ1) is 13.0. The molecule has 1 fully saturated rings. The minimum absolute atomic E-state index is 0.142. The molecule has 1 aromatic heterocycles. The van der Waals surface area contributed by atoms with Gasteiger partial charge in [-0.25, -0.2) is 9.78 Å². The van der Waals surface area contributed by atoms with Gasteiger partial charge in [0.25, 0.3) is 5.91 Å². The quantitative estimate of drug-likeness (QED) is 0.827. The summed E-state index contributed by atoms with van der Waals surface area (Å²) < 4.78 is 11.0. The van der Waals surface area contributed by atoms with E-state index < -0.39 is 23.6 Å². The van der Waals surface area contributed by atoms with Crippen LogP contribution in [0.25, 0.3) is 0 Å². The average Bonchev–Trinajstić information content (AvgIpc) is 2.27. The van der Waals surface area contributed by atoms with E-state index in [4.69, 9.17) is 15.2 Å². The highest BCUT2D eigenvalue weighted by atomic mass is 79.9. The van der Waals surface area contributed by atoms with Crippen molar-refractivity contribution in [3.8, 4) is 0 Å². The third-order valence-corrected chi connectivity index (χ3v) is 3.08. The molecular weight excluding hydrogens is 304 g/mol. The fourth-order valence-electron chi connectivity index (χ4n) is 1.63. The number of hydrogen-bond acceptors (Lipinski definition) is 5. The van der Waals surface area contributed by atoms with Crippen molar-refractivity contribution in [2.24, 2.45) is 5.73 Å². The molecule has 2 unspecified atom stereocenters. The molecule has 96 valence electrons. The molecule has 0 aliphatic carbocycles. The number of carbonyl (C=O) groups is 2. The third-order valence-electron chi connectivity index (χ3n) is 2.61. The lowest BCUT2D eigenvalue weighted by Crippen LogP contribution is -2.63. The van der Waals surface area contributed by atoms with E-state index >= 15 is 0 Å². The highest BCUT2D eigenvalue weighted by molar-refractivity contribution is 9.10. The first-order valence-corrected chi connectivity index (χ1v) is 5.97. The molecule has 2 atom stereocenters. The van der Waals surface area contributed by atoms with Gasteiger partial charge in [0.15, 0.2) is 11.7 Å². The number of nitrogens with zero attached hydrogens (tertiary/aromatic N) is 1. The highest BCUT2D eigenvalue weighted by Crippen LogP contribution is 2.30. The number of nitrogens with two attached hydrogens (primary N) is 1. The first-order chi connectivity index (χ1) is 8.42. The molecule has 0 bridgehead atoms. The van der Waals surface area contributed by atoms with Gasteiger partial charge >= 0.3 is 5.97 Å². The van der Waals surface area contributed by atoms with Gasteiger partial charge in [0.05, 0.1) is 6.61 Å². The number of aromatic nitrogens is 1. The number of amides is 1.